The van der Waals surface area contributed by atoms with Crippen LogP contribution in [-0.4, -0.2) is 28.3 Å². The normalized spacial score (nSPS) is 11.7. The molecule has 2 aromatic carbocycles. The summed E-state index contributed by atoms with van der Waals surface area (Å²) < 4.78 is 29.5. The maximum absolute atomic E-state index is 13.9. The van der Waals surface area contributed by atoms with Crippen molar-refractivity contribution in [2.75, 3.05) is 0 Å². The van der Waals surface area contributed by atoms with Crippen LogP contribution in [0.15, 0.2) is 67.0 Å². The summed E-state index contributed by atoms with van der Waals surface area (Å²) in [5, 5.41) is 2.33. The summed E-state index contributed by atoms with van der Waals surface area (Å²) in [5.41, 5.74) is 4.72. The van der Waals surface area contributed by atoms with E-state index in [2.05, 4.69) is 16.2 Å². The summed E-state index contributed by atoms with van der Waals surface area (Å²) in [6, 6.07) is 12.3. The second-order valence-electron chi connectivity index (χ2n) is 7.34. The van der Waals surface area contributed by atoms with E-state index in [0.29, 0.717) is 11.3 Å². The summed E-state index contributed by atoms with van der Waals surface area (Å²) >= 11 is 0. The number of carbonyl (C=O) groups excluding carboxylic acids is 3. The van der Waals surface area contributed by atoms with Gasteiger partial charge in [-0.1, -0.05) is 32.0 Å². The third kappa shape index (κ3) is 5.00. The Balaban J connectivity index is 1.70. The molecule has 3 amide bonds. The molecule has 0 aliphatic rings. The zero-order chi connectivity index (χ0) is 23.3. The molecule has 32 heavy (non-hydrogen) atoms. The molecule has 0 aliphatic heterocycles. The van der Waals surface area contributed by atoms with Gasteiger partial charge in [0.15, 0.2) is 0 Å². The summed E-state index contributed by atoms with van der Waals surface area (Å²) in [5.74, 6) is -4.90. The summed E-state index contributed by atoms with van der Waals surface area (Å²) in [6.07, 6.45) is 3.55. The van der Waals surface area contributed by atoms with Gasteiger partial charge in [0.25, 0.3) is 17.7 Å². The molecule has 7 nitrogen and oxygen atoms in total. The lowest BCUT2D eigenvalue weighted by Gasteiger charge is -2.22. The van der Waals surface area contributed by atoms with Gasteiger partial charge < -0.3 is 9.88 Å². The van der Waals surface area contributed by atoms with Crippen molar-refractivity contribution in [1.29, 1.82) is 0 Å². The van der Waals surface area contributed by atoms with Gasteiger partial charge in [-0.05, 0) is 42.3 Å². The highest BCUT2D eigenvalue weighted by molar-refractivity contribution is 6.00. The first-order valence-corrected chi connectivity index (χ1v) is 9.87. The molecule has 9 heteroatoms. The van der Waals surface area contributed by atoms with Crippen LogP contribution in [0.4, 0.5) is 8.78 Å². The molecule has 3 rings (SSSR count). The van der Waals surface area contributed by atoms with Crippen molar-refractivity contribution >= 4 is 17.7 Å². The van der Waals surface area contributed by atoms with Crippen molar-refractivity contribution in [3.8, 4) is 5.69 Å². The maximum atomic E-state index is 13.9. The van der Waals surface area contributed by atoms with Crippen LogP contribution in [0.25, 0.3) is 5.69 Å². The Labute approximate surface area is 183 Å². The van der Waals surface area contributed by atoms with Crippen LogP contribution >= 0.6 is 0 Å². The van der Waals surface area contributed by atoms with Crippen molar-refractivity contribution in [1.82, 2.24) is 20.7 Å². The summed E-state index contributed by atoms with van der Waals surface area (Å²) in [6.45, 7) is 3.29. The highest BCUT2D eigenvalue weighted by atomic mass is 19.1. The topological polar surface area (TPSA) is 92.2 Å². The number of carbonyl (C=O) groups is 3. The molecule has 0 saturated carbocycles. The highest BCUT2D eigenvalue weighted by Crippen LogP contribution is 2.15. The first-order valence-electron chi connectivity index (χ1n) is 9.87. The van der Waals surface area contributed by atoms with Gasteiger partial charge in [-0.3, -0.25) is 25.2 Å². The first-order chi connectivity index (χ1) is 15.3. The molecule has 1 heterocycles. The van der Waals surface area contributed by atoms with E-state index in [9.17, 15) is 23.2 Å². The van der Waals surface area contributed by atoms with Gasteiger partial charge in [0.2, 0.25) is 0 Å². The molecule has 0 bridgehead atoms. The molecule has 0 spiro atoms. The van der Waals surface area contributed by atoms with E-state index >= 15 is 0 Å². The predicted molar refractivity (Wildman–Crippen MR) is 114 cm³/mol. The van der Waals surface area contributed by atoms with Crippen molar-refractivity contribution < 1.29 is 23.2 Å². The minimum atomic E-state index is -1.15. The van der Waals surface area contributed by atoms with Crippen LogP contribution in [0, 0.1) is 17.6 Å². The van der Waals surface area contributed by atoms with E-state index in [-0.39, 0.29) is 0 Å². The summed E-state index contributed by atoms with van der Waals surface area (Å²) in [7, 11) is 0. The Kier molecular flexibility index (Phi) is 6.99. The number of para-hydroxylation sites is 1. The van der Waals surface area contributed by atoms with Crippen molar-refractivity contribution in [2.45, 2.75) is 19.9 Å². The number of hydrazine groups is 1. The van der Waals surface area contributed by atoms with Crippen LogP contribution in [0.1, 0.15) is 34.6 Å². The lowest BCUT2D eigenvalue weighted by molar-refractivity contribution is -0.124. The van der Waals surface area contributed by atoms with Gasteiger partial charge in [-0.15, -0.1) is 0 Å². The second kappa shape index (κ2) is 9.86. The van der Waals surface area contributed by atoms with Gasteiger partial charge in [-0.2, -0.15) is 0 Å². The summed E-state index contributed by atoms with van der Waals surface area (Å²) in [4.78, 5) is 37.7. The maximum Gasteiger partial charge on any atom is 0.271 e. The SMILES string of the molecule is CC(C)[C@@H](NC(=O)c1c(F)cccc1F)C(=O)NNC(=O)c1ccccc1-n1cccc1. The molecule has 1 atom stereocenters. The molecule has 0 radical (unpaired) electrons. The number of nitrogens with one attached hydrogen (secondary N) is 3. The van der Waals surface area contributed by atoms with Crippen LogP contribution in [0.2, 0.25) is 0 Å². The number of nitrogens with zero attached hydrogens (tertiary/aromatic N) is 1. The van der Waals surface area contributed by atoms with E-state index in [4.69, 9.17) is 0 Å². The highest BCUT2D eigenvalue weighted by Gasteiger charge is 2.27. The standard InChI is InChI=1S/C23H22F2N4O3/c1-14(2)20(26-22(31)19-16(24)9-7-10-17(19)25)23(32)28-27-21(30)15-8-3-4-11-18(15)29-12-5-6-13-29/h3-14,20H,1-2H3,(H,26,31)(H,27,30)(H,28,32)/t20-/m1/s1. The number of rotatable bonds is 6. The minimum Gasteiger partial charge on any atom is -0.340 e. The Morgan fingerprint density at radius 1 is 0.812 bits per heavy atom. The van der Waals surface area contributed by atoms with Crippen LogP contribution in [-0.2, 0) is 4.79 Å². The first kappa shape index (κ1) is 22.7. The quantitative estimate of drug-likeness (QED) is 0.515. The predicted octanol–water partition coefficient (Wildman–Crippen LogP) is 2.97. The van der Waals surface area contributed by atoms with Crippen molar-refractivity contribution in [3.63, 3.8) is 0 Å². The van der Waals surface area contributed by atoms with Gasteiger partial charge in [0.05, 0.1) is 11.3 Å². The fraction of sp³-hybridized carbons (Fsp3) is 0.174. The molecule has 3 aromatic rings. The van der Waals surface area contributed by atoms with Crippen LogP contribution in [0.3, 0.4) is 0 Å². The Bertz CT molecular complexity index is 1110. The third-order valence-corrected chi connectivity index (χ3v) is 4.76. The molecular formula is C23H22F2N4O3. The monoisotopic (exact) mass is 440 g/mol. The Hall–Kier alpha value is -4.01. The van der Waals surface area contributed by atoms with E-state index in [0.717, 1.165) is 18.2 Å². The number of benzene rings is 2. The zero-order valence-corrected chi connectivity index (χ0v) is 17.4. The number of aromatic nitrogens is 1. The zero-order valence-electron chi connectivity index (χ0n) is 17.4. The van der Waals surface area contributed by atoms with E-state index in [1.165, 1.54) is 0 Å². The minimum absolute atomic E-state index is 0.308. The van der Waals surface area contributed by atoms with Gasteiger partial charge >= 0.3 is 0 Å². The Morgan fingerprint density at radius 2 is 1.44 bits per heavy atom. The van der Waals surface area contributed by atoms with Gasteiger partial charge in [-0.25, -0.2) is 8.78 Å². The van der Waals surface area contributed by atoms with Gasteiger partial charge in [0, 0.05) is 12.4 Å². The van der Waals surface area contributed by atoms with Crippen LogP contribution in [0.5, 0.6) is 0 Å². The van der Waals surface area contributed by atoms with E-state index in [1.54, 1.807) is 55.1 Å². The fourth-order valence-corrected chi connectivity index (χ4v) is 3.11. The largest absolute Gasteiger partial charge is 0.340 e. The number of hydrogen-bond acceptors (Lipinski definition) is 3. The number of amides is 3. The smallest absolute Gasteiger partial charge is 0.271 e. The van der Waals surface area contributed by atoms with E-state index in [1.807, 2.05) is 12.1 Å². The number of hydrogen-bond donors (Lipinski definition) is 3. The Morgan fingerprint density at radius 3 is 2.06 bits per heavy atom. The molecule has 0 aliphatic carbocycles. The third-order valence-electron chi connectivity index (χ3n) is 4.76. The van der Waals surface area contributed by atoms with Crippen molar-refractivity contribution in [2.24, 2.45) is 5.92 Å². The molecule has 0 unspecified atom stereocenters. The van der Waals surface area contributed by atoms with E-state index < -0.39 is 46.9 Å². The number of halogens is 2. The lowest BCUT2D eigenvalue weighted by Crippen LogP contribution is -2.54. The van der Waals surface area contributed by atoms with Gasteiger partial charge in [0.1, 0.15) is 23.2 Å². The molecule has 0 fully saturated rings. The fourth-order valence-electron chi connectivity index (χ4n) is 3.11. The molecule has 0 saturated heterocycles. The average molecular weight is 440 g/mol. The van der Waals surface area contributed by atoms with Crippen molar-refractivity contribution in [3.05, 3.63) is 89.8 Å². The molecule has 166 valence electrons. The average Bonchev–Trinajstić information content (AvgIpc) is 3.30. The molecule has 3 N–H and O–H groups in total. The lowest BCUT2D eigenvalue weighted by atomic mass is 10.0. The molecule has 1 aromatic heterocycles. The van der Waals surface area contributed by atoms with Crippen LogP contribution < -0.4 is 16.2 Å². The molecular weight excluding hydrogens is 418 g/mol. The second-order valence-corrected chi connectivity index (χ2v) is 7.34.